The molecular formula is C27H32FN3O4. The van der Waals surface area contributed by atoms with Crippen molar-refractivity contribution in [2.45, 2.75) is 57.8 Å². The van der Waals surface area contributed by atoms with Gasteiger partial charge in [-0.1, -0.05) is 30.3 Å². The number of amides is 2. The van der Waals surface area contributed by atoms with Gasteiger partial charge in [0.25, 0.3) is 0 Å². The van der Waals surface area contributed by atoms with Gasteiger partial charge in [0.15, 0.2) is 0 Å². The van der Waals surface area contributed by atoms with Gasteiger partial charge in [-0.2, -0.15) is 0 Å². The third-order valence-corrected chi connectivity index (χ3v) is 6.15. The second kappa shape index (κ2) is 10.4. The third kappa shape index (κ3) is 6.12. The molecule has 186 valence electrons. The third-order valence-electron chi connectivity index (χ3n) is 6.15. The van der Waals surface area contributed by atoms with Gasteiger partial charge >= 0.3 is 12.2 Å². The molecule has 2 N–H and O–H groups in total. The van der Waals surface area contributed by atoms with Crippen molar-refractivity contribution in [3.8, 4) is 0 Å². The Bertz CT molecular complexity index is 1170. The molecule has 4 rings (SSSR count). The highest BCUT2D eigenvalue weighted by Crippen LogP contribution is 2.35. The number of aromatic amines is 1. The fourth-order valence-electron chi connectivity index (χ4n) is 4.61. The van der Waals surface area contributed by atoms with Crippen LogP contribution in [-0.2, 0) is 16.1 Å². The van der Waals surface area contributed by atoms with Gasteiger partial charge in [0.1, 0.15) is 18.0 Å². The highest BCUT2D eigenvalue weighted by Gasteiger charge is 2.38. The van der Waals surface area contributed by atoms with E-state index in [2.05, 4.69) is 10.3 Å². The van der Waals surface area contributed by atoms with Gasteiger partial charge in [-0.05, 0) is 62.9 Å². The van der Waals surface area contributed by atoms with Crippen molar-refractivity contribution >= 4 is 23.1 Å². The van der Waals surface area contributed by atoms with Gasteiger partial charge in [0.05, 0.1) is 0 Å². The quantitative estimate of drug-likeness (QED) is 0.472. The number of hydrogen-bond acceptors (Lipinski definition) is 4. The summed E-state index contributed by atoms with van der Waals surface area (Å²) in [6.45, 7) is 6.51. The average Bonchev–Trinajstić information content (AvgIpc) is 3.45. The van der Waals surface area contributed by atoms with Crippen molar-refractivity contribution in [2.75, 3.05) is 13.1 Å². The van der Waals surface area contributed by atoms with E-state index in [1.807, 2.05) is 57.3 Å². The molecular weight excluding hydrogens is 449 g/mol. The number of halogens is 1. The van der Waals surface area contributed by atoms with Gasteiger partial charge in [0, 0.05) is 42.1 Å². The highest BCUT2D eigenvalue weighted by molar-refractivity contribution is 5.84. The minimum Gasteiger partial charge on any atom is -0.445 e. The molecule has 1 aromatic heterocycles. The first-order chi connectivity index (χ1) is 16.7. The highest BCUT2D eigenvalue weighted by atomic mass is 19.1. The molecule has 2 atom stereocenters. The summed E-state index contributed by atoms with van der Waals surface area (Å²) in [5, 5.41) is 3.73. The van der Waals surface area contributed by atoms with Crippen molar-refractivity contribution in [1.29, 1.82) is 0 Å². The first-order valence-corrected chi connectivity index (χ1v) is 11.9. The van der Waals surface area contributed by atoms with Crippen molar-refractivity contribution < 1.29 is 23.5 Å². The standard InChI is InChI=1S/C27H32FN3O4/c1-27(2,3)35-26(33)31-13-7-10-24(31)22(21-15-29-23-14-19(28)11-12-20(21)23)16-30-25(32)34-17-18-8-5-4-6-9-18/h4-6,8-9,11-12,14-15,22,24,29H,7,10,13,16-17H2,1-3H3,(H,30,32)/t22-,24+/m1/s1. The molecule has 1 aliphatic heterocycles. The Morgan fingerprint density at radius 2 is 1.97 bits per heavy atom. The average molecular weight is 482 g/mol. The maximum Gasteiger partial charge on any atom is 0.410 e. The van der Waals surface area contributed by atoms with Crippen molar-refractivity contribution in [2.24, 2.45) is 0 Å². The Labute approximate surface area is 204 Å². The first-order valence-electron chi connectivity index (χ1n) is 11.9. The molecule has 7 nitrogen and oxygen atoms in total. The van der Waals surface area contributed by atoms with Crippen LogP contribution in [-0.4, -0.2) is 46.8 Å². The van der Waals surface area contributed by atoms with Crippen molar-refractivity contribution in [3.63, 3.8) is 0 Å². The molecule has 0 aliphatic carbocycles. The summed E-state index contributed by atoms with van der Waals surface area (Å²) in [7, 11) is 0. The number of nitrogens with zero attached hydrogens (tertiary/aromatic N) is 1. The Balaban J connectivity index is 1.54. The number of aromatic nitrogens is 1. The predicted octanol–water partition coefficient (Wildman–Crippen LogP) is 5.72. The monoisotopic (exact) mass is 481 g/mol. The SMILES string of the molecule is CC(C)(C)OC(=O)N1CCC[C@H]1[C@H](CNC(=O)OCc1ccccc1)c1c[nH]c2cc(F)ccc12. The van der Waals surface area contributed by atoms with Crippen LogP contribution >= 0.6 is 0 Å². The van der Waals surface area contributed by atoms with Gasteiger partial charge in [-0.15, -0.1) is 0 Å². The van der Waals surface area contributed by atoms with E-state index in [0.717, 1.165) is 29.4 Å². The number of ether oxygens (including phenoxy) is 2. The van der Waals surface area contributed by atoms with Crippen molar-refractivity contribution in [1.82, 2.24) is 15.2 Å². The van der Waals surface area contributed by atoms with E-state index in [9.17, 15) is 14.0 Å². The number of rotatable bonds is 6. The molecule has 0 bridgehead atoms. The zero-order valence-corrected chi connectivity index (χ0v) is 20.3. The van der Waals surface area contributed by atoms with E-state index in [4.69, 9.17) is 9.47 Å². The largest absolute Gasteiger partial charge is 0.445 e. The van der Waals surface area contributed by atoms with E-state index in [0.29, 0.717) is 12.1 Å². The van der Waals surface area contributed by atoms with Gasteiger partial charge in [0.2, 0.25) is 0 Å². The molecule has 8 heteroatoms. The van der Waals surface area contributed by atoms with Crippen LogP contribution in [0.4, 0.5) is 14.0 Å². The summed E-state index contributed by atoms with van der Waals surface area (Å²) in [6, 6.07) is 13.8. The van der Waals surface area contributed by atoms with Crippen LogP contribution in [0.1, 0.15) is 50.7 Å². The van der Waals surface area contributed by atoms with Gasteiger partial charge < -0.3 is 24.7 Å². The van der Waals surface area contributed by atoms with Crippen molar-refractivity contribution in [3.05, 3.63) is 71.7 Å². The van der Waals surface area contributed by atoms with Crippen LogP contribution in [0.25, 0.3) is 10.9 Å². The number of H-pyrrole nitrogens is 1. The van der Waals surface area contributed by atoms with Crippen LogP contribution in [0, 0.1) is 5.82 Å². The first kappa shape index (κ1) is 24.6. The molecule has 3 aromatic rings. The molecule has 0 radical (unpaired) electrons. The Morgan fingerprint density at radius 1 is 1.20 bits per heavy atom. The molecule has 0 spiro atoms. The lowest BCUT2D eigenvalue weighted by Crippen LogP contribution is -2.45. The molecule has 1 aliphatic rings. The molecule has 2 aromatic carbocycles. The van der Waals surface area contributed by atoms with Gasteiger partial charge in [-0.25, -0.2) is 14.0 Å². The number of benzene rings is 2. The summed E-state index contributed by atoms with van der Waals surface area (Å²) in [6.07, 6.45) is 2.51. The Morgan fingerprint density at radius 3 is 2.71 bits per heavy atom. The van der Waals surface area contributed by atoms with Crippen LogP contribution in [0.2, 0.25) is 0 Å². The summed E-state index contributed by atoms with van der Waals surface area (Å²) in [5.74, 6) is -0.574. The lowest BCUT2D eigenvalue weighted by atomic mass is 9.89. The Kier molecular flexibility index (Phi) is 7.28. The van der Waals surface area contributed by atoms with E-state index >= 15 is 0 Å². The summed E-state index contributed by atoms with van der Waals surface area (Å²) < 4.78 is 24.8. The molecule has 0 saturated carbocycles. The topological polar surface area (TPSA) is 83.7 Å². The minimum atomic E-state index is -0.614. The number of nitrogens with one attached hydrogen (secondary N) is 2. The van der Waals surface area contributed by atoms with Gasteiger partial charge in [-0.3, -0.25) is 0 Å². The summed E-state index contributed by atoms with van der Waals surface area (Å²) in [4.78, 5) is 30.4. The predicted molar refractivity (Wildman–Crippen MR) is 132 cm³/mol. The molecule has 2 amide bonds. The number of hydrogen-bond donors (Lipinski definition) is 2. The zero-order valence-electron chi connectivity index (χ0n) is 20.3. The van der Waals surface area contributed by atoms with Crippen LogP contribution in [0.5, 0.6) is 0 Å². The summed E-state index contributed by atoms with van der Waals surface area (Å²) >= 11 is 0. The van der Waals surface area contributed by atoms with E-state index in [-0.39, 0.29) is 37.0 Å². The zero-order chi connectivity index (χ0) is 25.0. The number of carbonyl (C=O) groups is 2. The number of likely N-dealkylation sites (tertiary alicyclic amines) is 1. The van der Waals surface area contributed by atoms with Crippen LogP contribution in [0.3, 0.4) is 0 Å². The van der Waals surface area contributed by atoms with Crippen LogP contribution < -0.4 is 5.32 Å². The Hall–Kier alpha value is -3.55. The van der Waals surface area contributed by atoms with E-state index < -0.39 is 11.7 Å². The number of alkyl carbamates (subject to hydrolysis) is 1. The molecule has 35 heavy (non-hydrogen) atoms. The molecule has 0 unspecified atom stereocenters. The second-order valence-electron chi connectivity index (χ2n) is 9.87. The van der Waals surface area contributed by atoms with E-state index in [1.54, 1.807) is 11.0 Å². The normalized spacial score (nSPS) is 16.8. The lowest BCUT2D eigenvalue weighted by molar-refractivity contribution is 0.0205. The maximum atomic E-state index is 13.8. The summed E-state index contributed by atoms with van der Waals surface area (Å²) in [5.41, 5.74) is 1.85. The molecule has 1 saturated heterocycles. The maximum absolute atomic E-state index is 13.8. The van der Waals surface area contributed by atoms with Crippen LogP contribution in [0.15, 0.2) is 54.7 Å². The number of carbonyl (C=O) groups excluding carboxylic acids is 2. The van der Waals surface area contributed by atoms with E-state index in [1.165, 1.54) is 12.1 Å². The fourth-order valence-corrected chi connectivity index (χ4v) is 4.61. The molecule has 2 heterocycles. The minimum absolute atomic E-state index is 0.164. The second-order valence-corrected chi connectivity index (χ2v) is 9.87. The number of fused-ring (bicyclic) bond motifs is 1. The fraction of sp³-hybridized carbons (Fsp3) is 0.407. The lowest BCUT2D eigenvalue weighted by Gasteiger charge is -2.33. The smallest absolute Gasteiger partial charge is 0.410 e. The molecule has 1 fully saturated rings.